The molecular formula is C14H22N4O2. The van der Waals surface area contributed by atoms with E-state index in [1.54, 1.807) is 0 Å². The molecule has 0 aromatic carbocycles. The summed E-state index contributed by atoms with van der Waals surface area (Å²) >= 11 is 0. The number of aromatic nitrogens is 2. The number of anilines is 1. The van der Waals surface area contributed by atoms with Crippen molar-refractivity contribution in [3.8, 4) is 0 Å². The van der Waals surface area contributed by atoms with E-state index in [0.717, 1.165) is 50.3 Å². The third-order valence-electron chi connectivity index (χ3n) is 3.83. The summed E-state index contributed by atoms with van der Waals surface area (Å²) in [5.41, 5.74) is 1.16. The van der Waals surface area contributed by atoms with E-state index in [2.05, 4.69) is 27.1 Å². The van der Waals surface area contributed by atoms with Crippen molar-refractivity contribution in [2.75, 3.05) is 24.5 Å². The van der Waals surface area contributed by atoms with Crippen LogP contribution in [0.5, 0.6) is 0 Å². The van der Waals surface area contributed by atoms with Crippen LogP contribution in [-0.4, -0.2) is 40.8 Å². The Hall–Kier alpha value is -1.85. The number of amides is 1. The van der Waals surface area contributed by atoms with Gasteiger partial charge in [-0.3, -0.25) is 0 Å². The summed E-state index contributed by atoms with van der Waals surface area (Å²) in [6.07, 6.45) is 6.86. The fourth-order valence-electron chi connectivity index (χ4n) is 2.50. The molecule has 0 bridgehead atoms. The SMILES string of the molecule is CCc1cnc(N2CCC(CCNC(=O)O)CC2)nc1. The highest BCUT2D eigenvalue weighted by atomic mass is 16.4. The number of nitrogens with zero attached hydrogens (tertiary/aromatic N) is 3. The van der Waals surface area contributed by atoms with Gasteiger partial charge in [0.05, 0.1) is 0 Å². The molecule has 0 spiro atoms. The Labute approximate surface area is 119 Å². The van der Waals surface area contributed by atoms with Crippen LogP contribution in [0.15, 0.2) is 12.4 Å². The Morgan fingerprint density at radius 2 is 2.05 bits per heavy atom. The van der Waals surface area contributed by atoms with Crippen LogP contribution in [0.4, 0.5) is 10.7 Å². The molecule has 0 aliphatic carbocycles. The minimum absolute atomic E-state index is 0.543. The number of piperidine rings is 1. The van der Waals surface area contributed by atoms with E-state index in [4.69, 9.17) is 5.11 Å². The lowest BCUT2D eigenvalue weighted by molar-refractivity contribution is 0.193. The van der Waals surface area contributed by atoms with Crippen molar-refractivity contribution in [1.82, 2.24) is 15.3 Å². The van der Waals surface area contributed by atoms with E-state index in [-0.39, 0.29) is 0 Å². The highest BCUT2D eigenvalue weighted by molar-refractivity contribution is 5.64. The molecule has 0 saturated carbocycles. The summed E-state index contributed by atoms with van der Waals surface area (Å²) in [7, 11) is 0. The lowest BCUT2D eigenvalue weighted by Gasteiger charge is -2.32. The van der Waals surface area contributed by atoms with Gasteiger partial charge in [-0.2, -0.15) is 0 Å². The standard InChI is InChI=1S/C14H22N4O2/c1-2-11-9-16-13(17-10-11)18-7-4-12(5-8-18)3-6-15-14(19)20/h9-10,12,15H,2-8H2,1H3,(H,19,20). The number of hydrogen-bond donors (Lipinski definition) is 2. The molecule has 1 aromatic rings. The van der Waals surface area contributed by atoms with Crippen molar-refractivity contribution in [3.63, 3.8) is 0 Å². The van der Waals surface area contributed by atoms with Gasteiger partial charge in [0.1, 0.15) is 0 Å². The summed E-state index contributed by atoms with van der Waals surface area (Å²) in [5.74, 6) is 1.40. The van der Waals surface area contributed by atoms with Gasteiger partial charge in [-0.25, -0.2) is 14.8 Å². The zero-order chi connectivity index (χ0) is 14.4. The minimum Gasteiger partial charge on any atom is -0.465 e. The quantitative estimate of drug-likeness (QED) is 0.860. The van der Waals surface area contributed by atoms with E-state index in [1.807, 2.05) is 12.4 Å². The second-order valence-corrected chi connectivity index (χ2v) is 5.20. The van der Waals surface area contributed by atoms with Gasteiger partial charge in [-0.05, 0) is 37.2 Å². The highest BCUT2D eigenvalue weighted by Crippen LogP contribution is 2.22. The molecular weight excluding hydrogens is 256 g/mol. The predicted molar refractivity (Wildman–Crippen MR) is 77.0 cm³/mol. The van der Waals surface area contributed by atoms with Crippen LogP contribution in [0.2, 0.25) is 0 Å². The summed E-state index contributed by atoms with van der Waals surface area (Å²) in [6.45, 7) is 4.53. The Bertz CT molecular complexity index is 427. The Morgan fingerprint density at radius 1 is 1.40 bits per heavy atom. The topological polar surface area (TPSA) is 78.4 Å². The van der Waals surface area contributed by atoms with Crippen molar-refractivity contribution < 1.29 is 9.90 Å². The molecule has 0 unspecified atom stereocenters. The van der Waals surface area contributed by atoms with Gasteiger partial charge in [0.25, 0.3) is 0 Å². The van der Waals surface area contributed by atoms with Crippen molar-refractivity contribution in [1.29, 1.82) is 0 Å². The average Bonchev–Trinajstić information content (AvgIpc) is 2.48. The number of carboxylic acid groups (broad SMARTS) is 1. The van der Waals surface area contributed by atoms with Crippen LogP contribution >= 0.6 is 0 Å². The molecule has 1 amide bonds. The van der Waals surface area contributed by atoms with E-state index < -0.39 is 6.09 Å². The highest BCUT2D eigenvalue weighted by Gasteiger charge is 2.20. The van der Waals surface area contributed by atoms with Crippen molar-refractivity contribution in [3.05, 3.63) is 18.0 Å². The van der Waals surface area contributed by atoms with Crippen molar-refractivity contribution >= 4 is 12.0 Å². The first-order valence-electron chi connectivity index (χ1n) is 7.21. The lowest BCUT2D eigenvalue weighted by Crippen LogP contribution is -2.36. The maximum Gasteiger partial charge on any atom is 0.404 e. The summed E-state index contributed by atoms with van der Waals surface area (Å²) in [6, 6.07) is 0. The molecule has 1 saturated heterocycles. The number of carbonyl (C=O) groups is 1. The van der Waals surface area contributed by atoms with Gasteiger partial charge in [-0.1, -0.05) is 6.92 Å². The molecule has 1 aromatic heterocycles. The Morgan fingerprint density at radius 3 is 2.60 bits per heavy atom. The molecule has 110 valence electrons. The largest absolute Gasteiger partial charge is 0.465 e. The second kappa shape index (κ2) is 7.07. The molecule has 1 fully saturated rings. The van der Waals surface area contributed by atoms with Crippen LogP contribution in [0.25, 0.3) is 0 Å². The number of rotatable bonds is 5. The summed E-state index contributed by atoms with van der Waals surface area (Å²) in [4.78, 5) is 21.4. The molecule has 2 rings (SSSR count). The Balaban J connectivity index is 1.77. The molecule has 0 atom stereocenters. The third-order valence-corrected chi connectivity index (χ3v) is 3.83. The minimum atomic E-state index is -0.938. The van der Waals surface area contributed by atoms with E-state index in [0.29, 0.717) is 12.5 Å². The maximum atomic E-state index is 10.4. The normalized spacial score (nSPS) is 16.1. The second-order valence-electron chi connectivity index (χ2n) is 5.20. The van der Waals surface area contributed by atoms with Crippen LogP contribution < -0.4 is 10.2 Å². The molecule has 1 aliphatic rings. The summed E-state index contributed by atoms with van der Waals surface area (Å²) in [5, 5.41) is 11.0. The first-order chi connectivity index (χ1) is 9.69. The van der Waals surface area contributed by atoms with Gasteiger partial charge in [0.15, 0.2) is 0 Å². The average molecular weight is 278 g/mol. The first kappa shape index (κ1) is 14.6. The van der Waals surface area contributed by atoms with Gasteiger partial charge < -0.3 is 15.3 Å². The van der Waals surface area contributed by atoms with Gasteiger partial charge >= 0.3 is 6.09 Å². The zero-order valence-electron chi connectivity index (χ0n) is 11.9. The molecule has 2 N–H and O–H groups in total. The fourth-order valence-corrected chi connectivity index (χ4v) is 2.50. The van der Waals surface area contributed by atoms with E-state index in [9.17, 15) is 4.79 Å². The molecule has 6 heteroatoms. The molecule has 2 heterocycles. The summed E-state index contributed by atoms with van der Waals surface area (Å²) < 4.78 is 0. The van der Waals surface area contributed by atoms with Crippen molar-refractivity contribution in [2.24, 2.45) is 5.92 Å². The van der Waals surface area contributed by atoms with Crippen LogP contribution in [0.3, 0.4) is 0 Å². The Kier molecular flexibility index (Phi) is 5.15. The van der Waals surface area contributed by atoms with Gasteiger partial charge in [0.2, 0.25) is 5.95 Å². The maximum absolute atomic E-state index is 10.4. The van der Waals surface area contributed by atoms with Crippen LogP contribution in [0, 0.1) is 5.92 Å². The third kappa shape index (κ3) is 4.08. The monoisotopic (exact) mass is 278 g/mol. The van der Waals surface area contributed by atoms with E-state index in [1.165, 1.54) is 0 Å². The number of aryl methyl sites for hydroxylation is 1. The molecule has 20 heavy (non-hydrogen) atoms. The van der Waals surface area contributed by atoms with Crippen molar-refractivity contribution in [2.45, 2.75) is 32.6 Å². The van der Waals surface area contributed by atoms with Gasteiger partial charge in [0, 0.05) is 32.0 Å². The lowest BCUT2D eigenvalue weighted by atomic mass is 9.94. The van der Waals surface area contributed by atoms with Gasteiger partial charge in [-0.15, -0.1) is 0 Å². The molecule has 1 aliphatic heterocycles. The van der Waals surface area contributed by atoms with Crippen LogP contribution in [-0.2, 0) is 6.42 Å². The fraction of sp³-hybridized carbons (Fsp3) is 0.643. The molecule has 0 radical (unpaired) electrons. The zero-order valence-corrected chi connectivity index (χ0v) is 11.9. The molecule has 6 nitrogen and oxygen atoms in total. The smallest absolute Gasteiger partial charge is 0.404 e. The number of nitrogens with one attached hydrogen (secondary N) is 1. The van der Waals surface area contributed by atoms with E-state index >= 15 is 0 Å². The first-order valence-corrected chi connectivity index (χ1v) is 7.21. The predicted octanol–water partition coefficient (Wildman–Crippen LogP) is 1.91. The van der Waals surface area contributed by atoms with Crippen LogP contribution in [0.1, 0.15) is 31.7 Å². The number of hydrogen-bond acceptors (Lipinski definition) is 4.